The van der Waals surface area contributed by atoms with Crippen LogP contribution in [0.3, 0.4) is 0 Å². The minimum absolute atomic E-state index is 0.282. The van der Waals surface area contributed by atoms with Crippen LogP contribution in [-0.4, -0.2) is 49.9 Å². The topological polar surface area (TPSA) is 145 Å². The third-order valence-corrected chi connectivity index (χ3v) is 7.97. The Bertz CT molecular complexity index is 1280. The van der Waals surface area contributed by atoms with Crippen LogP contribution in [0.25, 0.3) is 0 Å². The molecule has 0 saturated carbocycles. The average Bonchev–Trinajstić information content (AvgIpc) is 3.70. The summed E-state index contributed by atoms with van der Waals surface area (Å²) < 4.78 is 15.2. The van der Waals surface area contributed by atoms with Crippen molar-refractivity contribution in [1.29, 1.82) is 0 Å². The van der Waals surface area contributed by atoms with E-state index >= 15 is 0 Å². The molecule has 4 aromatic rings. The maximum atomic E-state index is 5.37. The molecule has 0 bridgehead atoms. The van der Waals surface area contributed by atoms with Gasteiger partial charge in [0.2, 0.25) is 11.8 Å². The van der Waals surface area contributed by atoms with Crippen LogP contribution in [0, 0.1) is 9.67 Å². The van der Waals surface area contributed by atoms with E-state index in [0.717, 1.165) is 86.4 Å². The lowest BCUT2D eigenvalue weighted by Gasteiger charge is -2.10. The number of aromatic amines is 2. The van der Waals surface area contributed by atoms with Crippen molar-refractivity contribution >= 4 is 48.0 Å². The summed E-state index contributed by atoms with van der Waals surface area (Å²) in [6.07, 6.45) is 8.03. The molecule has 0 atom stereocenters. The van der Waals surface area contributed by atoms with Crippen molar-refractivity contribution in [3.05, 3.63) is 33.1 Å². The highest BCUT2D eigenvalue weighted by Crippen LogP contribution is 2.24. The lowest BCUT2D eigenvalue weighted by molar-refractivity contribution is 0.499. The molecule has 0 fully saturated rings. The van der Waals surface area contributed by atoms with E-state index in [2.05, 4.69) is 63.8 Å². The van der Waals surface area contributed by atoms with Gasteiger partial charge in [0, 0.05) is 25.9 Å². The SMILES string of the molecule is CCCCn1c(CCCCc2nnc(SCc3n[nH]c(=S)o3)n2CCCC)nnc1SCc1n[nH]c(=S)o1. The van der Waals surface area contributed by atoms with Crippen molar-refractivity contribution in [2.45, 2.75) is 100 Å². The highest BCUT2D eigenvalue weighted by molar-refractivity contribution is 7.98. The second kappa shape index (κ2) is 14.7. The van der Waals surface area contributed by atoms with Crippen LogP contribution >= 0.6 is 48.0 Å². The monoisotopic (exact) mass is 596 g/mol. The third kappa shape index (κ3) is 8.10. The molecule has 4 rings (SSSR count). The molecule has 16 heteroatoms. The standard InChI is InChI=1S/C22H32N10O2S4/c1-3-5-11-31-15(23-27-19(31)37-13-17-25-29-21(35)33-17)9-7-8-10-16-24-28-20(32(16)12-6-4-2)38-14-18-26-30-22(36)34-18/h3-14H2,1-2H3,(H,29,35)(H,30,36). The number of unbranched alkanes of at least 4 members (excludes halogenated alkanes) is 3. The van der Waals surface area contributed by atoms with Gasteiger partial charge in [0.05, 0.1) is 11.5 Å². The van der Waals surface area contributed by atoms with Gasteiger partial charge in [0.25, 0.3) is 9.67 Å². The van der Waals surface area contributed by atoms with Gasteiger partial charge in [0.15, 0.2) is 10.3 Å². The second-order valence-corrected chi connectivity index (χ2v) is 11.2. The predicted molar refractivity (Wildman–Crippen MR) is 149 cm³/mol. The summed E-state index contributed by atoms with van der Waals surface area (Å²) in [6, 6.07) is 0. The molecule has 0 aliphatic carbocycles. The zero-order chi connectivity index (χ0) is 26.7. The Hall–Kier alpha value is -2.30. The van der Waals surface area contributed by atoms with Crippen LogP contribution in [0.15, 0.2) is 19.1 Å². The molecular weight excluding hydrogens is 565 g/mol. The number of hydrogen-bond acceptors (Lipinski definition) is 12. The molecule has 4 aromatic heterocycles. The van der Waals surface area contributed by atoms with Crippen LogP contribution in [0.2, 0.25) is 0 Å². The van der Waals surface area contributed by atoms with Crippen LogP contribution in [-0.2, 0) is 37.4 Å². The number of aryl methyl sites for hydroxylation is 2. The molecule has 0 saturated heterocycles. The molecule has 12 nitrogen and oxygen atoms in total. The Morgan fingerprint density at radius 3 is 1.50 bits per heavy atom. The maximum Gasteiger partial charge on any atom is 0.284 e. The molecule has 2 N–H and O–H groups in total. The molecule has 38 heavy (non-hydrogen) atoms. The minimum Gasteiger partial charge on any atom is -0.413 e. The van der Waals surface area contributed by atoms with E-state index in [1.807, 2.05) is 0 Å². The normalized spacial score (nSPS) is 11.5. The Balaban J connectivity index is 1.33. The van der Waals surface area contributed by atoms with Crippen molar-refractivity contribution in [3.63, 3.8) is 0 Å². The largest absolute Gasteiger partial charge is 0.413 e. The summed E-state index contributed by atoms with van der Waals surface area (Å²) >= 11 is 13.0. The number of nitrogens with zero attached hydrogens (tertiary/aromatic N) is 8. The van der Waals surface area contributed by atoms with E-state index in [-0.39, 0.29) is 9.67 Å². The second-order valence-electron chi connectivity index (χ2n) is 8.61. The van der Waals surface area contributed by atoms with E-state index in [9.17, 15) is 0 Å². The number of aromatic nitrogens is 10. The fourth-order valence-electron chi connectivity index (χ4n) is 3.77. The highest BCUT2D eigenvalue weighted by atomic mass is 32.2. The number of hydrogen-bond donors (Lipinski definition) is 2. The molecule has 0 aromatic carbocycles. The number of nitrogens with one attached hydrogen (secondary N) is 2. The van der Waals surface area contributed by atoms with E-state index in [1.54, 1.807) is 23.5 Å². The molecule has 4 heterocycles. The molecule has 206 valence electrons. The van der Waals surface area contributed by atoms with Crippen molar-refractivity contribution in [2.24, 2.45) is 0 Å². The van der Waals surface area contributed by atoms with Gasteiger partial charge >= 0.3 is 0 Å². The van der Waals surface area contributed by atoms with Gasteiger partial charge in [0.1, 0.15) is 11.6 Å². The first-order chi connectivity index (χ1) is 18.6. The van der Waals surface area contributed by atoms with E-state index in [0.29, 0.717) is 23.3 Å². The van der Waals surface area contributed by atoms with Crippen molar-refractivity contribution < 1.29 is 8.83 Å². The molecule has 0 amide bonds. The summed E-state index contributed by atoms with van der Waals surface area (Å²) in [5.74, 6) is 4.23. The quantitative estimate of drug-likeness (QED) is 0.0874. The summed E-state index contributed by atoms with van der Waals surface area (Å²) in [5.41, 5.74) is 0. The molecule has 0 aliphatic heterocycles. The van der Waals surface area contributed by atoms with Gasteiger partial charge in [-0.2, -0.15) is 0 Å². The molecule has 0 radical (unpaired) electrons. The molecule has 0 spiro atoms. The lowest BCUT2D eigenvalue weighted by atomic mass is 10.1. The fraction of sp³-hybridized carbons (Fsp3) is 0.636. The van der Waals surface area contributed by atoms with Gasteiger partial charge in [-0.3, -0.25) is 0 Å². The average molecular weight is 597 g/mol. The molecule has 0 aliphatic rings. The Labute approximate surface area is 239 Å². The zero-order valence-corrected chi connectivity index (χ0v) is 24.8. The van der Waals surface area contributed by atoms with Gasteiger partial charge in [-0.1, -0.05) is 50.2 Å². The first-order valence-corrected chi connectivity index (χ1v) is 15.5. The number of rotatable bonds is 17. The Kier molecular flexibility index (Phi) is 11.1. The molecular formula is C22H32N10O2S4. The lowest BCUT2D eigenvalue weighted by Crippen LogP contribution is -2.08. The van der Waals surface area contributed by atoms with Gasteiger partial charge in [-0.05, 0) is 50.1 Å². The summed E-state index contributed by atoms with van der Waals surface area (Å²) in [4.78, 5) is 0.563. The van der Waals surface area contributed by atoms with Gasteiger partial charge in [-0.15, -0.1) is 30.6 Å². The Morgan fingerprint density at radius 2 is 1.13 bits per heavy atom. The van der Waals surface area contributed by atoms with Crippen LogP contribution in [0.1, 0.15) is 75.8 Å². The van der Waals surface area contributed by atoms with Crippen LogP contribution < -0.4 is 0 Å². The highest BCUT2D eigenvalue weighted by Gasteiger charge is 2.16. The van der Waals surface area contributed by atoms with Crippen molar-refractivity contribution in [2.75, 3.05) is 0 Å². The van der Waals surface area contributed by atoms with E-state index in [1.165, 1.54) is 0 Å². The van der Waals surface area contributed by atoms with E-state index in [4.69, 9.17) is 33.3 Å². The van der Waals surface area contributed by atoms with Crippen LogP contribution in [0.4, 0.5) is 0 Å². The van der Waals surface area contributed by atoms with E-state index < -0.39 is 0 Å². The number of H-pyrrole nitrogens is 2. The first kappa shape index (κ1) is 28.7. The van der Waals surface area contributed by atoms with Crippen molar-refractivity contribution in [3.8, 4) is 0 Å². The summed E-state index contributed by atoms with van der Waals surface area (Å²) in [6.45, 7) is 6.16. The minimum atomic E-state index is 0.282. The molecule has 0 unspecified atom stereocenters. The Morgan fingerprint density at radius 1 is 0.684 bits per heavy atom. The summed E-state index contributed by atoms with van der Waals surface area (Å²) in [7, 11) is 0. The maximum absolute atomic E-state index is 5.37. The van der Waals surface area contributed by atoms with Gasteiger partial charge in [-0.25, -0.2) is 10.2 Å². The predicted octanol–water partition coefficient (Wildman–Crippen LogP) is 5.71. The van der Waals surface area contributed by atoms with Crippen LogP contribution in [0.5, 0.6) is 0 Å². The smallest absolute Gasteiger partial charge is 0.284 e. The summed E-state index contributed by atoms with van der Waals surface area (Å²) in [5, 5.41) is 33.1. The number of thioether (sulfide) groups is 2. The third-order valence-electron chi connectivity index (χ3n) is 5.72. The zero-order valence-electron chi connectivity index (χ0n) is 21.5. The van der Waals surface area contributed by atoms with Gasteiger partial charge < -0.3 is 18.0 Å². The van der Waals surface area contributed by atoms with Crippen molar-refractivity contribution in [1.82, 2.24) is 49.9 Å². The first-order valence-electron chi connectivity index (χ1n) is 12.8. The fourth-order valence-corrected chi connectivity index (χ4v) is 5.70.